The molecule has 0 aromatic carbocycles. The molecular weight excluding hydrogens is 282 g/mol. The molecule has 1 amide bonds. The fourth-order valence-corrected chi connectivity index (χ4v) is 3.10. The second kappa shape index (κ2) is 6.58. The summed E-state index contributed by atoms with van der Waals surface area (Å²) >= 11 is 0. The zero-order valence-corrected chi connectivity index (χ0v) is 13.1. The van der Waals surface area contributed by atoms with Gasteiger partial charge in [0.2, 0.25) is 11.9 Å². The monoisotopic (exact) mass is 305 g/mol. The highest BCUT2D eigenvalue weighted by Gasteiger charge is 2.38. The van der Waals surface area contributed by atoms with E-state index < -0.39 is 0 Å². The quantitative estimate of drug-likeness (QED) is 0.857. The largest absolute Gasteiger partial charge is 0.375 e. The SMILES string of the molecule is CN(C)C(=O)C[C@H]1CN2C[C@H](Nc3ncccn3)C[C@H]2CO1. The van der Waals surface area contributed by atoms with E-state index in [2.05, 4.69) is 20.2 Å². The number of fused-ring (bicyclic) bond motifs is 1. The first-order valence-corrected chi connectivity index (χ1v) is 7.71. The summed E-state index contributed by atoms with van der Waals surface area (Å²) in [6, 6.07) is 2.56. The molecule has 0 unspecified atom stereocenters. The van der Waals surface area contributed by atoms with Crippen LogP contribution in [-0.2, 0) is 9.53 Å². The second-order valence-corrected chi connectivity index (χ2v) is 6.20. The van der Waals surface area contributed by atoms with Gasteiger partial charge in [0.1, 0.15) is 0 Å². The first kappa shape index (κ1) is 15.2. The third-order valence-corrected chi connectivity index (χ3v) is 4.29. The normalized spacial score (nSPS) is 28.2. The van der Waals surface area contributed by atoms with Gasteiger partial charge in [0.15, 0.2) is 0 Å². The number of ether oxygens (including phenoxy) is 1. The number of carbonyl (C=O) groups excluding carboxylic acids is 1. The standard InChI is InChI=1S/C15H23N5O2/c1-19(2)14(21)7-13-9-20-8-11(6-12(20)10-22-13)18-15-16-4-3-5-17-15/h3-5,11-13H,6-10H2,1-2H3,(H,16,17,18)/t11-,12+,13+/m1/s1. The van der Waals surface area contributed by atoms with Crippen LogP contribution in [0.25, 0.3) is 0 Å². The molecule has 2 saturated heterocycles. The van der Waals surface area contributed by atoms with Crippen LogP contribution in [0.2, 0.25) is 0 Å². The van der Waals surface area contributed by atoms with Crippen molar-refractivity contribution in [1.29, 1.82) is 0 Å². The fraction of sp³-hybridized carbons (Fsp3) is 0.667. The first-order valence-electron chi connectivity index (χ1n) is 7.71. The molecule has 1 N–H and O–H groups in total. The van der Waals surface area contributed by atoms with Gasteiger partial charge in [0, 0.05) is 51.7 Å². The Morgan fingerprint density at radius 1 is 1.41 bits per heavy atom. The minimum Gasteiger partial charge on any atom is -0.375 e. The predicted molar refractivity (Wildman–Crippen MR) is 82.5 cm³/mol. The third-order valence-electron chi connectivity index (χ3n) is 4.29. The summed E-state index contributed by atoms with van der Waals surface area (Å²) in [6.07, 6.45) is 4.95. The topological polar surface area (TPSA) is 70.6 Å². The van der Waals surface area contributed by atoms with E-state index in [0.29, 0.717) is 31.1 Å². The van der Waals surface area contributed by atoms with Gasteiger partial charge in [0.05, 0.1) is 19.1 Å². The van der Waals surface area contributed by atoms with Crippen molar-refractivity contribution in [3.8, 4) is 0 Å². The number of amides is 1. The fourth-order valence-electron chi connectivity index (χ4n) is 3.10. The van der Waals surface area contributed by atoms with E-state index in [1.54, 1.807) is 31.4 Å². The lowest BCUT2D eigenvalue weighted by Crippen LogP contribution is -2.47. The maximum Gasteiger partial charge on any atom is 0.224 e. The molecule has 0 aliphatic carbocycles. The Hall–Kier alpha value is -1.73. The van der Waals surface area contributed by atoms with Crippen molar-refractivity contribution < 1.29 is 9.53 Å². The third kappa shape index (κ3) is 3.53. The van der Waals surface area contributed by atoms with Gasteiger partial charge in [0.25, 0.3) is 0 Å². The molecule has 2 aliphatic rings. The van der Waals surface area contributed by atoms with Crippen LogP contribution in [0.4, 0.5) is 5.95 Å². The summed E-state index contributed by atoms with van der Waals surface area (Å²) < 4.78 is 5.86. The second-order valence-electron chi connectivity index (χ2n) is 6.20. The maximum absolute atomic E-state index is 11.8. The minimum atomic E-state index is -0.00197. The van der Waals surface area contributed by atoms with E-state index >= 15 is 0 Å². The number of hydrogen-bond acceptors (Lipinski definition) is 6. The molecule has 1 aromatic heterocycles. The molecular formula is C15H23N5O2. The maximum atomic E-state index is 11.8. The van der Waals surface area contributed by atoms with E-state index in [4.69, 9.17) is 4.74 Å². The van der Waals surface area contributed by atoms with Gasteiger partial charge in [-0.3, -0.25) is 9.69 Å². The number of nitrogens with zero attached hydrogens (tertiary/aromatic N) is 4. The van der Waals surface area contributed by atoms with Crippen molar-refractivity contribution in [3.05, 3.63) is 18.5 Å². The molecule has 0 saturated carbocycles. The summed E-state index contributed by atoms with van der Waals surface area (Å²) in [5, 5.41) is 3.38. The smallest absolute Gasteiger partial charge is 0.224 e. The van der Waals surface area contributed by atoms with Crippen LogP contribution in [0.3, 0.4) is 0 Å². The van der Waals surface area contributed by atoms with Gasteiger partial charge in [-0.15, -0.1) is 0 Å². The van der Waals surface area contributed by atoms with E-state index in [-0.39, 0.29) is 12.0 Å². The van der Waals surface area contributed by atoms with Gasteiger partial charge in [-0.1, -0.05) is 0 Å². The lowest BCUT2D eigenvalue weighted by molar-refractivity contribution is -0.134. The van der Waals surface area contributed by atoms with Crippen molar-refractivity contribution in [1.82, 2.24) is 19.8 Å². The number of nitrogens with one attached hydrogen (secondary N) is 1. The van der Waals surface area contributed by atoms with Crippen molar-refractivity contribution in [2.24, 2.45) is 0 Å². The minimum absolute atomic E-state index is 0.00197. The number of anilines is 1. The highest BCUT2D eigenvalue weighted by atomic mass is 16.5. The van der Waals surface area contributed by atoms with E-state index in [9.17, 15) is 4.79 Å². The lowest BCUT2D eigenvalue weighted by atomic mass is 10.1. The molecule has 7 heteroatoms. The van der Waals surface area contributed by atoms with Crippen LogP contribution in [0, 0.1) is 0 Å². The molecule has 2 fully saturated rings. The average molecular weight is 305 g/mol. The molecule has 22 heavy (non-hydrogen) atoms. The van der Waals surface area contributed by atoms with Crippen molar-refractivity contribution in [2.75, 3.05) is 39.1 Å². The molecule has 0 bridgehead atoms. The molecule has 3 atom stereocenters. The first-order chi connectivity index (χ1) is 10.6. The molecule has 3 rings (SSSR count). The van der Waals surface area contributed by atoms with Crippen LogP contribution < -0.4 is 5.32 Å². The van der Waals surface area contributed by atoms with Gasteiger partial charge in [-0.25, -0.2) is 9.97 Å². The van der Waals surface area contributed by atoms with Crippen LogP contribution in [0.5, 0.6) is 0 Å². The van der Waals surface area contributed by atoms with Crippen molar-refractivity contribution >= 4 is 11.9 Å². The molecule has 1 aromatic rings. The summed E-state index contributed by atoms with van der Waals surface area (Å²) in [5.41, 5.74) is 0. The van der Waals surface area contributed by atoms with Crippen LogP contribution >= 0.6 is 0 Å². The Balaban J connectivity index is 1.52. The van der Waals surface area contributed by atoms with Gasteiger partial charge >= 0.3 is 0 Å². The Kier molecular flexibility index (Phi) is 4.54. The zero-order chi connectivity index (χ0) is 15.5. The lowest BCUT2D eigenvalue weighted by Gasteiger charge is -2.35. The molecule has 0 radical (unpaired) electrons. The van der Waals surface area contributed by atoms with E-state index in [1.807, 2.05) is 6.07 Å². The molecule has 0 spiro atoms. The summed E-state index contributed by atoms with van der Waals surface area (Å²) in [4.78, 5) is 24.3. The number of carbonyl (C=O) groups is 1. The van der Waals surface area contributed by atoms with E-state index in [1.165, 1.54) is 0 Å². The molecule has 7 nitrogen and oxygen atoms in total. The number of aromatic nitrogens is 2. The number of hydrogen-bond donors (Lipinski definition) is 1. The zero-order valence-electron chi connectivity index (χ0n) is 13.1. The molecule has 2 aliphatic heterocycles. The Morgan fingerprint density at radius 2 is 2.18 bits per heavy atom. The molecule has 3 heterocycles. The Bertz CT molecular complexity index is 510. The summed E-state index contributed by atoms with van der Waals surface area (Å²) in [7, 11) is 3.56. The highest BCUT2D eigenvalue weighted by molar-refractivity contribution is 5.76. The van der Waals surface area contributed by atoms with Crippen LogP contribution in [0.15, 0.2) is 18.5 Å². The Morgan fingerprint density at radius 3 is 2.91 bits per heavy atom. The van der Waals surface area contributed by atoms with Crippen LogP contribution in [-0.4, -0.2) is 77.7 Å². The highest BCUT2D eigenvalue weighted by Crippen LogP contribution is 2.25. The van der Waals surface area contributed by atoms with Gasteiger partial charge < -0.3 is 15.0 Å². The van der Waals surface area contributed by atoms with Gasteiger partial charge in [-0.2, -0.15) is 0 Å². The van der Waals surface area contributed by atoms with Gasteiger partial charge in [-0.05, 0) is 12.5 Å². The van der Waals surface area contributed by atoms with Crippen molar-refractivity contribution in [3.63, 3.8) is 0 Å². The molecule has 120 valence electrons. The number of rotatable bonds is 4. The van der Waals surface area contributed by atoms with Crippen molar-refractivity contribution in [2.45, 2.75) is 31.0 Å². The average Bonchev–Trinajstić information content (AvgIpc) is 2.89. The van der Waals surface area contributed by atoms with E-state index in [0.717, 1.165) is 19.5 Å². The summed E-state index contributed by atoms with van der Waals surface area (Å²) in [5.74, 6) is 0.794. The number of morpholine rings is 1. The predicted octanol–water partition coefficient (Wildman–Crippen LogP) is 0.209. The summed E-state index contributed by atoms with van der Waals surface area (Å²) in [6.45, 7) is 2.45. The van der Waals surface area contributed by atoms with Crippen LogP contribution in [0.1, 0.15) is 12.8 Å². The Labute approximate surface area is 130 Å².